The first-order valence-corrected chi connectivity index (χ1v) is 7.69. The highest BCUT2D eigenvalue weighted by atomic mass is 32.1. The molecule has 100 valence electrons. The number of anilines is 2. The van der Waals surface area contributed by atoms with Crippen molar-refractivity contribution in [2.75, 3.05) is 23.3 Å². The number of aryl methyl sites for hydroxylation is 1. The van der Waals surface area contributed by atoms with Crippen LogP contribution in [0, 0.1) is 6.92 Å². The largest absolute Gasteiger partial charge is 0.377 e. The Labute approximate surface area is 118 Å². The van der Waals surface area contributed by atoms with Crippen molar-refractivity contribution in [2.45, 2.75) is 26.3 Å². The van der Waals surface area contributed by atoms with Crippen LogP contribution in [-0.2, 0) is 6.54 Å². The van der Waals surface area contributed by atoms with Gasteiger partial charge in [-0.1, -0.05) is 0 Å². The van der Waals surface area contributed by atoms with Gasteiger partial charge in [0.1, 0.15) is 0 Å². The SMILES string of the molecule is Cc1ccsc1CNc1cccnc1N1CCCC1. The molecule has 0 unspecified atom stereocenters. The van der Waals surface area contributed by atoms with E-state index in [-0.39, 0.29) is 0 Å². The van der Waals surface area contributed by atoms with E-state index in [1.54, 1.807) is 0 Å². The molecule has 0 aromatic carbocycles. The zero-order chi connectivity index (χ0) is 13.1. The van der Waals surface area contributed by atoms with Gasteiger partial charge in [0.05, 0.1) is 5.69 Å². The van der Waals surface area contributed by atoms with Crippen molar-refractivity contribution in [3.63, 3.8) is 0 Å². The molecule has 0 radical (unpaired) electrons. The maximum absolute atomic E-state index is 4.55. The molecule has 1 saturated heterocycles. The second-order valence-electron chi connectivity index (χ2n) is 4.95. The van der Waals surface area contributed by atoms with Gasteiger partial charge >= 0.3 is 0 Å². The van der Waals surface area contributed by atoms with Gasteiger partial charge < -0.3 is 10.2 Å². The van der Waals surface area contributed by atoms with Gasteiger partial charge in [-0.25, -0.2) is 4.98 Å². The number of thiophene rings is 1. The molecule has 3 rings (SSSR count). The van der Waals surface area contributed by atoms with Crippen LogP contribution in [0.3, 0.4) is 0 Å². The maximum Gasteiger partial charge on any atom is 0.151 e. The average Bonchev–Trinajstić information content (AvgIpc) is 3.08. The molecule has 0 atom stereocenters. The minimum Gasteiger partial charge on any atom is -0.377 e. The van der Waals surface area contributed by atoms with Crippen molar-refractivity contribution >= 4 is 22.8 Å². The van der Waals surface area contributed by atoms with Gasteiger partial charge in [0.25, 0.3) is 0 Å². The highest BCUT2D eigenvalue weighted by Crippen LogP contribution is 2.27. The van der Waals surface area contributed by atoms with Crippen LogP contribution < -0.4 is 10.2 Å². The maximum atomic E-state index is 4.55. The molecule has 1 N–H and O–H groups in total. The molecule has 0 spiro atoms. The zero-order valence-electron chi connectivity index (χ0n) is 11.2. The highest BCUT2D eigenvalue weighted by molar-refractivity contribution is 7.10. The summed E-state index contributed by atoms with van der Waals surface area (Å²) in [6.45, 7) is 5.31. The molecular formula is C15H19N3S. The molecule has 0 aliphatic carbocycles. The molecule has 0 bridgehead atoms. The van der Waals surface area contributed by atoms with Crippen molar-refractivity contribution < 1.29 is 0 Å². The fourth-order valence-corrected chi connectivity index (χ4v) is 3.32. The number of nitrogens with one attached hydrogen (secondary N) is 1. The van der Waals surface area contributed by atoms with Crippen LogP contribution in [0.15, 0.2) is 29.8 Å². The molecule has 1 aliphatic heterocycles. The predicted molar refractivity (Wildman–Crippen MR) is 82.1 cm³/mol. The number of aromatic nitrogens is 1. The van der Waals surface area contributed by atoms with Crippen molar-refractivity contribution in [2.24, 2.45) is 0 Å². The van der Waals surface area contributed by atoms with Gasteiger partial charge in [0.15, 0.2) is 5.82 Å². The molecule has 2 aromatic heterocycles. The van der Waals surface area contributed by atoms with Crippen LogP contribution in [0.2, 0.25) is 0 Å². The van der Waals surface area contributed by atoms with Crippen molar-refractivity contribution in [1.82, 2.24) is 4.98 Å². The van der Waals surface area contributed by atoms with E-state index in [1.165, 1.54) is 23.3 Å². The van der Waals surface area contributed by atoms with Crippen LogP contribution in [0.4, 0.5) is 11.5 Å². The molecular weight excluding hydrogens is 254 g/mol. The van der Waals surface area contributed by atoms with Crippen molar-refractivity contribution in [1.29, 1.82) is 0 Å². The van der Waals surface area contributed by atoms with E-state index in [4.69, 9.17) is 0 Å². The summed E-state index contributed by atoms with van der Waals surface area (Å²) in [6, 6.07) is 6.30. The predicted octanol–water partition coefficient (Wildman–Crippen LogP) is 3.66. The lowest BCUT2D eigenvalue weighted by Gasteiger charge is -2.20. The van der Waals surface area contributed by atoms with Crippen LogP contribution >= 0.6 is 11.3 Å². The Balaban J connectivity index is 1.75. The van der Waals surface area contributed by atoms with Crippen LogP contribution in [-0.4, -0.2) is 18.1 Å². The second-order valence-corrected chi connectivity index (χ2v) is 5.95. The van der Waals surface area contributed by atoms with Gasteiger partial charge in [-0.15, -0.1) is 11.3 Å². The van der Waals surface area contributed by atoms with Crippen molar-refractivity contribution in [3.05, 3.63) is 40.2 Å². The molecule has 0 amide bonds. The fraction of sp³-hybridized carbons (Fsp3) is 0.400. The number of pyridine rings is 1. The first-order valence-electron chi connectivity index (χ1n) is 6.81. The number of rotatable bonds is 4. The summed E-state index contributed by atoms with van der Waals surface area (Å²) in [5, 5.41) is 5.69. The Bertz CT molecular complexity index is 544. The van der Waals surface area contributed by atoms with Gasteiger partial charge in [-0.05, 0) is 48.9 Å². The molecule has 0 saturated carbocycles. The second kappa shape index (κ2) is 5.61. The normalized spacial score (nSPS) is 14.9. The molecule has 1 fully saturated rings. The van der Waals surface area contributed by atoms with Gasteiger partial charge in [0, 0.05) is 30.7 Å². The molecule has 1 aliphatic rings. The Morgan fingerprint density at radius 2 is 2.16 bits per heavy atom. The zero-order valence-corrected chi connectivity index (χ0v) is 12.0. The third kappa shape index (κ3) is 2.73. The highest BCUT2D eigenvalue weighted by Gasteiger charge is 2.16. The molecule has 4 heteroatoms. The molecule has 2 aromatic rings. The van der Waals surface area contributed by atoms with E-state index < -0.39 is 0 Å². The topological polar surface area (TPSA) is 28.2 Å². The summed E-state index contributed by atoms with van der Waals surface area (Å²) in [5.74, 6) is 1.11. The smallest absolute Gasteiger partial charge is 0.151 e. The quantitative estimate of drug-likeness (QED) is 0.921. The van der Waals surface area contributed by atoms with Gasteiger partial charge in [-0.3, -0.25) is 0 Å². The summed E-state index contributed by atoms with van der Waals surface area (Å²) in [4.78, 5) is 8.33. The molecule has 3 nitrogen and oxygen atoms in total. The first kappa shape index (κ1) is 12.5. The lowest BCUT2D eigenvalue weighted by molar-refractivity contribution is 0.935. The minimum atomic E-state index is 0.885. The average molecular weight is 273 g/mol. The van der Waals surface area contributed by atoms with Crippen molar-refractivity contribution in [3.8, 4) is 0 Å². The van der Waals surface area contributed by atoms with E-state index in [0.29, 0.717) is 0 Å². The third-order valence-corrected chi connectivity index (χ3v) is 4.62. The Morgan fingerprint density at radius 3 is 2.89 bits per heavy atom. The van der Waals surface area contributed by atoms with E-state index >= 15 is 0 Å². The molecule has 3 heterocycles. The minimum absolute atomic E-state index is 0.885. The fourth-order valence-electron chi connectivity index (χ4n) is 2.48. The van der Waals surface area contributed by atoms with Gasteiger partial charge in [0.2, 0.25) is 0 Å². The Kier molecular flexibility index (Phi) is 3.69. The summed E-state index contributed by atoms with van der Waals surface area (Å²) in [6.07, 6.45) is 4.44. The number of hydrogen-bond donors (Lipinski definition) is 1. The Morgan fingerprint density at radius 1 is 1.32 bits per heavy atom. The lowest BCUT2D eigenvalue weighted by Crippen LogP contribution is -2.20. The standard InChI is InChI=1S/C15H19N3S/c1-12-6-10-19-14(12)11-17-13-5-4-7-16-15(13)18-8-2-3-9-18/h4-7,10,17H,2-3,8-9,11H2,1H3. The van der Waals surface area contributed by atoms with E-state index in [2.05, 4.69) is 39.6 Å². The summed E-state index contributed by atoms with van der Waals surface area (Å²) in [5.41, 5.74) is 2.52. The first-order chi connectivity index (χ1) is 9.34. The van der Waals surface area contributed by atoms with Gasteiger partial charge in [-0.2, -0.15) is 0 Å². The van der Waals surface area contributed by atoms with E-state index in [0.717, 1.165) is 31.1 Å². The lowest BCUT2D eigenvalue weighted by atomic mass is 10.3. The van der Waals surface area contributed by atoms with E-state index in [1.807, 2.05) is 23.6 Å². The summed E-state index contributed by atoms with van der Waals surface area (Å²) >= 11 is 1.81. The summed E-state index contributed by atoms with van der Waals surface area (Å²) in [7, 11) is 0. The number of hydrogen-bond acceptors (Lipinski definition) is 4. The third-order valence-electron chi connectivity index (χ3n) is 3.60. The Hall–Kier alpha value is -1.55. The van der Waals surface area contributed by atoms with Crippen LogP contribution in [0.1, 0.15) is 23.3 Å². The monoisotopic (exact) mass is 273 g/mol. The van der Waals surface area contributed by atoms with Crippen LogP contribution in [0.5, 0.6) is 0 Å². The van der Waals surface area contributed by atoms with Crippen LogP contribution in [0.25, 0.3) is 0 Å². The summed E-state index contributed by atoms with van der Waals surface area (Å²) < 4.78 is 0. The van der Waals surface area contributed by atoms with E-state index in [9.17, 15) is 0 Å². The molecule has 19 heavy (non-hydrogen) atoms. The number of nitrogens with zero attached hydrogens (tertiary/aromatic N) is 2.